The second kappa shape index (κ2) is 7.47. The topological polar surface area (TPSA) is 75.6 Å². The lowest BCUT2D eigenvalue weighted by atomic mass is 9.86. The summed E-state index contributed by atoms with van der Waals surface area (Å²) in [7, 11) is 0. The Kier molecular flexibility index (Phi) is 5.32. The number of nitrogens with one attached hydrogen (secondary N) is 1. The molecule has 136 valence electrons. The van der Waals surface area contributed by atoms with Gasteiger partial charge in [0.1, 0.15) is 0 Å². The molecule has 5 nitrogen and oxygen atoms in total. The maximum atomic E-state index is 13.8. The number of amides is 1. The zero-order valence-electron chi connectivity index (χ0n) is 13.7. The van der Waals surface area contributed by atoms with Crippen molar-refractivity contribution in [3.63, 3.8) is 0 Å². The van der Waals surface area contributed by atoms with Crippen LogP contribution in [-0.4, -0.2) is 36.7 Å². The van der Waals surface area contributed by atoms with Crippen molar-refractivity contribution in [1.82, 2.24) is 5.32 Å². The van der Waals surface area contributed by atoms with E-state index >= 15 is 0 Å². The van der Waals surface area contributed by atoms with Crippen molar-refractivity contribution in [3.05, 3.63) is 35.4 Å². The van der Waals surface area contributed by atoms with Gasteiger partial charge in [-0.3, -0.25) is 9.59 Å². The summed E-state index contributed by atoms with van der Waals surface area (Å²) in [5.41, 5.74) is 0.208. The highest BCUT2D eigenvalue weighted by atomic mass is 19.2. The molecule has 0 aromatic heterocycles. The number of hydrogen-bond donors (Lipinski definition) is 2. The number of hydrogen-bond acceptors (Lipinski definition) is 3. The molecule has 0 bridgehead atoms. The average molecular weight is 353 g/mol. The van der Waals surface area contributed by atoms with E-state index in [4.69, 9.17) is 4.74 Å². The minimum Gasteiger partial charge on any atom is -0.481 e. The zero-order chi connectivity index (χ0) is 18.0. The third kappa shape index (κ3) is 3.98. The highest BCUT2D eigenvalue weighted by Gasteiger charge is 2.45. The molecule has 2 N–H and O–H groups in total. The lowest BCUT2D eigenvalue weighted by Gasteiger charge is -2.27. The summed E-state index contributed by atoms with van der Waals surface area (Å²) in [5, 5.41) is 12.1. The Morgan fingerprint density at radius 1 is 1.28 bits per heavy atom. The SMILES string of the molecule is O=C(O)C(CNC(=O)C1CC1c1cccc(F)c1F)C1CCOCC1. The van der Waals surface area contributed by atoms with Gasteiger partial charge in [0.05, 0.1) is 5.92 Å². The van der Waals surface area contributed by atoms with Crippen molar-refractivity contribution in [1.29, 1.82) is 0 Å². The van der Waals surface area contributed by atoms with Crippen LogP contribution in [0.1, 0.15) is 30.7 Å². The van der Waals surface area contributed by atoms with E-state index in [2.05, 4.69) is 5.32 Å². The fourth-order valence-corrected chi connectivity index (χ4v) is 3.55. The van der Waals surface area contributed by atoms with E-state index in [0.29, 0.717) is 32.5 Å². The highest BCUT2D eigenvalue weighted by molar-refractivity contribution is 5.83. The minimum atomic E-state index is -0.935. The van der Waals surface area contributed by atoms with Crippen LogP contribution in [-0.2, 0) is 14.3 Å². The second-order valence-electron chi connectivity index (χ2n) is 6.73. The minimum absolute atomic E-state index is 0.0257. The number of halogens is 2. The number of aliphatic carboxylic acids is 1. The summed E-state index contributed by atoms with van der Waals surface area (Å²) >= 11 is 0. The summed E-state index contributed by atoms with van der Waals surface area (Å²) in [6, 6.07) is 3.95. The van der Waals surface area contributed by atoms with Crippen LogP contribution in [0.25, 0.3) is 0 Å². The van der Waals surface area contributed by atoms with Crippen LogP contribution in [0.5, 0.6) is 0 Å². The van der Waals surface area contributed by atoms with Crippen LogP contribution < -0.4 is 5.32 Å². The maximum Gasteiger partial charge on any atom is 0.308 e. The van der Waals surface area contributed by atoms with Gasteiger partial charge in [0.15, 0.2) is 11.6 Å². The maximum absolute atomic E-state index is 13.8. The van der Waals surface area contributed by atoms with Gasteiger partial charge in [0.25, 0.3) is 0 Å². The van der Waals surface area contributed by atoms with Gasteiger partial charge in [0, 0.05) is 25.7 Å². The van der Waals surface area contributed by atoms with Gasteiger partial charge in [-0.1, -0.05) is 12.1 Å². The summed E-state index contributed by atoms with van der Waals surface area (Å²) < 4.78 is 32.3. The molecule has 1 aliphatic carbocycles. The van der Waals surface area contributed by atoms with E-state index in [9.17, 15) is 23.5 Å². The van der Waals surface area contributed by atoms with Crippen LogP contribution in [0, 0.1) is 29.4 Å². The molecule has 1 saturated carbocycles. The van der Waals surface area contributed by atoms with Gasteiger partial charge >= 0.3 is 5.97 Å². The molecular formula is C18H21F2NO4. The predicted octanol–water partition coefficient (Wildman–Crippen LogP) is 2.31. The average Bonchev–Trinajstić information content (AvgIpc) is 3.38. The Morgan fingerprint density at radius 3 is 2.68 bits per heavy atom. The molecule has 1 amide bonds. The Balaban J connectivity index is 1.56. The molecule has 2 aliphatic rings. The van der Waals surface area contributed by atoms with Crippen molar-refractivity contribution >= 4 is 11.9 Å². The third-order valence-corrected chi connectivity index (χ3v) is 5.16. The van der Waals surface area contributed by atoms with Gasteiger partial charge in [-0.15, -0.1) is 0 Å². The summed E-state index contributed by atoms with van der Waals surface area (Å²) in [6.07, 6.45) is 1.77. The van der Waals surface area contributed by atoms with E-state index in [-0.39, 0.29) is 29.9 Å². The van der Waals surface area contributed by atoms with Crippen molar-refractivity contribution in [2.75, 3.05) is 19.8 Å². The number of carboxylic acid groups (broad SMARTS) is 1. The van der Waals surface area contributed by atoms with Crippen molar-refractivity contribution in [3.8, 4) is 0 Å². The van der Waals surface area contributed by atoms with Gasteiger partial charge in [-0.2, -0.15) is 0 Å². The summed E-state index contributed by atoms with van der Waals surface area (Å²) in [5.74, 6) is -4.52. The van der Waals surface area contributed by atoms with Crippen LogP contribution in [0.3, 0.4) is 0 Å². The largest absolute Gasteiger partial charge is 0.481 e. The first-order valence-corrected chi connectivity index (χ1v) is 8.51. The van der Waals surface area contributed by atoms with Crippen molar-refractivity contribution in [2.45, 2.75) is 25.2 Å². The number of carbonyl (C=O) groups excluding carboxylic acids is 1. The molecule has 3 rings (SSSR count). The second-order valence-corrected chi connectivity index (χ2v) is 6.73. The fourth-order valence-electron chi connectivity index (χ4n) is 3.55. The van der Waals surface area contributed by atoms with E-state index in [1.807, 2.05) is 0 Å². The lowest BCUT2D eigenvalue weighted by Crippen LogP contribution is -2.39. The zero-order valence-corrected chi connectivity index (χ0v) is 13.7. The Hall–Kier alpha value is -2.02. The number of carboxylic acids is 1. The molecule has 0 spiro atoms. The molecule has 0 radical (unpaired) electrons. The monoisotopic (exact) mass is 353 g/mol. The molecule has 1 aliphatic heterocycles. The van der Waals surface area contributed by atoms with E-state index in [1.54, 1.807) is 0 Å². The van der Waals surface area contributed by atoms with Crippen LogP contribution in [0.2, 0.25) is 0 Å². The van der Waals surface area contributed by atoms with Crippen LogP contribution in [0.4, 0.5) is 8.78 Å². The predicted molar refractivity (Wildman–Crippen MR) is 84.9 cm³/mol. The third-order valence-electron chi connectivity index (χ3n) is 5.16. The first kappa shape index (κ1) is 17.8. The Labute approximate surface area is 144 Å². The van der Waals surface area contributed by atoms with Crippen molar-refractivity contribution in [2.24, 2.45) is 17.8 Å². The fraction of sp³-hybridized carbons (Fsp3) is 0.556. The molecule has 1 aromatic carbocycles. The van der Waals surface area contributed by atoms with E-state index in [0.717, 1.165) is 6.07 Å². The van der Waals surface area contributed by atoms with Crippen LogP contribution in [0.15, 0.2) is 18.2 Å². The Bertz CT molecular complexity index is 660. The smallest absolute Gasteiger partial charge is 0.308 e. The lowest BCUT2D eigenvalue weighted by molar-refractivity contribution is -0.145. The Morgan fingerprint density at radius 2 is 2.00 bits per heavy atom. The van der Waals surface area contributed by atoms with E-state index in [1.165, 1.54) is 12.1 Å². The van der Waals surface area contributed by atoms with Gasteiger partial charge in [-0.05, 0) is 42.7 Å². The molecule has 1 aromatic rings. The molecule has 2 fully saturated rings. The molecule has 7 heteroatoms. The van der Waals surface area contributed by atoms with Crippen molar-refractivity contribution < 1.29 is 28.2 Å². The number of rotatable bonds is 6. The molecule has 25 heavy (non-hydrogen) atoms. The van der Waals surface area contributed by atoms with Gasteiger partial charge in [-0.25, -0.2) is 8.78 Å². The molecular weight excluding hydrogens is 332 g/mol. The normalized spacial score (nSPS) is 24.6. The van der Waals surface area contributed by atoms with Gasteiger partial charge in [0.2, 0.25) is 5.91 Å². The quantitative estimate of drug-likeness (QED) is 0.823. The van der Waals surface area contributed by atoms with Gasteiger partial charge < -0.3 is 15.2 Å². The first-order chi connectivity index (χ1) is 12.0. The molecule has 1 saturated heterocycles. The number of benzene rings is 1. The standard InChI is InChI=1S/C18H21F2NO4/c19-15-3-1-2-11(16(15)20)12-8-13(12)17(22)21-9-14(18(23)24)10-4-6-25-7-5-10/h1-3,10,12-14H,4-9H2,(H,21,22)(H,23,24). The highest BCUT2D eigenvalue weighted by Crippen LogP contribution is 2.48. The first-order valence-electron chi connectivity index (χ1n) is 8.51. The molecule has 1 heterocycles. The number of ether oxygens (including phenoxy) is 1. The molecule has 3 atom stereocenters. The number of carbonyl (C=O) groups is 2. The van der Waals surface area contributed by atoms with Crippen LogP contribution >= 0.6 is 0 Å². The van der Waals surface area contributed by atoms with E-state index < -0.39 is 29.4 Å². The molecule has 3 unspecified atom stereocenters. The summed E-state index contributed by atoms with van der Waals surface area (Å²) in [4.78, 5) is 23.7. The summed E-state index contributed by atoms with van der Waals surface area (Å²) in [6.45, 7) is 1.12.